The maximum atomic E-state index is 13.0. The molecule has 0 saturated heterocycles. The zero-order valence-corrected chi connectivity index (χ0v) is 12.0. The molecule has 8 heteroatoms. The number of alkyl halides is 3. The lowest BCUT2D eigenvalue weighted by atomic mass is 10.1. The molecular weight excluding hydrogens is 323 g/mol. The summed E-state index contributed by atoms with van der Waals surface area (Å²) in [6.45, 7) is 0. The fourth-order valence-corrected chi connectivity index (χ4v) is 1.92. The summed E-state index contributed by atoms with van der Waals surface area (Å²) >= 11 is 10.4. The molecule has 1 aromatic carbocycles. The molecule has 0 unspecified atom stereocenters. The van der Waals surface area contributed by atoms with Gasteiger partial charge in [0.1, 0.15) is 4.99 Å². The predicted molar refractivity (Wildman–Crippen MR) is 79.9 cm³/mol. The van der Waals surface area contributed by atoms with Crippen molar-refractivity contribution in [2.75, 3.05) is 5.32 Å². The maximum Gasteiger partial charge on any atom is 0.418 e. The van der Waals surface area contributed by atoms with Crippen LogP contribution in [0.25, 0.3) is 0 Å². The van der Waals surface area contributed by atoms with Gasteiger partial charge < -0.3 is 11.1 Å². The number of benzene rings is 1. The molecule has 0 radical (unpaired) electrons. The Bertz CT molecular complexity index is 671. The van der Waals surface area contributed by atoms with E-state index in [-0.39, 0.29) is 15.7 Å². The summed E-state index contributed by atoms with van der Waals surface area (Å²) in [5.74, 6) is 0. The molecule has 3 nitrogen and oxygen atoms in total. The van der Waals surface area contributed by atoms with Crippen LogP contribution in [0.4, 0.5) is 24.5 Å². The Balaban J connectivity index is 2.33. The van der Waals surface area contributed by atoms with E-state index in [1.165, 1.54) is 30.5 Å². The Morgan fingerprint density at radius 1 is 1.24 bits per heavy atom. The van der Waals surface area contributed by atoms with E-state index in [2.05, 4.69) is 10.3 Å². The van der Waals surface area contributed by atoms with Crippen LogP contribution in [0.1, 0.15) is 11.3 Å². The van der Waals surface area contributed by atoms with Gasteiger partial charge in [-0.2, -0.15) is 13.2 Å². The van der Waals surface area contributed by atoms with Crippen molar-refractivity contribution in [2.45, 2.75) is 6.18 Å². The van der Waals surface area contributed by atoms with Gasteiger partial charge in [-0.05, 0) is 30.3 Å². The first-order valence-corrected chi connectivity index (χ1v) is 6.45. The van der Waals surface area contributed by atoms with Gasteiger partial charge in [0.2, 0.25) is 0 Å². The standard InChI is InChI=1S/C13H9ClF3N3S/c14-7-1-3-10(9(5-7)13(15,16)17)20-8-2-4-11(12(18)21)19-6-8/h1-6,20H,(H2,18,21). The van der Waals surface area contributed by atoms with E-state index in [1.807, 2.05) is 0 Å². The Morgan fingerprint density at radius 3 is 2.48 bits per heavy atom. The number of anilines is 2. The van der Waals surface area contributed by atoms with Crippen molar-refractivity contribution in [3.8, 4) is 0 Å². The molecule has 0 amide bonds. The third kappa shape index (κ3) is 3.83. The molecule has 3 N–H and O–H groups in total. The largest absolute Gasteiger partial charge is 0.418 e. The lowest BCUT2D eigenvalue weighted by Crippen LogP contribution is -2.12. The average Bonchev–Trinajstić information content (AvgIpc) is 2.40. The number of thiocarbonyl (C=S) groups is 1. The highest BCUT2D eigenvalue weighted by Gasteiger charge is 2.33. The van der Waals surface area contributed by atoms with Gasteiger partial charge in [0.25, 0.3) is 0 Å². The fourth-order valence-electron chi connectivity index (χ4n) is 1.63. The average molecular weight is 332 g/mol. The molecule has 2 aromatic rings. The molecule has 1 heterocycles. The summed E-state index contributed by atoms with van der Waals surface area (Å²) in [7, 11) is 0. The molecule has 2 rings (SSSR count). The van der Waals surface area contributed by atoms with E-state index in [9.17, 15) is 13.2 Å². The van der Waals surface area contributed by atoms with Gasteiger partial charge in [-0.15, -0.1) is 0 Å². The van der Waals surface area contributed by atoms with Crippen molar-refractivity contribution in [1.29, 1.82) is 0 Å². The minimum absolute atomic E-state index is 0.00910. The van der Waals surface area contributed by atoms with Crippen LogP contribution in [0.15, 0.2) is 36.5 Å². The van der Waals surface area contributed by atoms with Crippen molar-refractivity contribution in [2.24, 2.45) is 5.73 Å². The van der Waals surface area contributed by atoms with E-state index in [0.29, 0.717) is 11.4 Å². The molecule has 21 heavy (non-hydrogen) atoms. The lowest BCUT2D eigenvalue weighted by molar-refractivity contribution is -0.136. The molecular formula is C13H9ClF3N3S. The zero-order chi connectivity index (χ0) is 15.6. The Hall–Kier alpha value is -1.86. The number of rotatable bonds is 3. The first-order chi connectivity index (χ1) is 9.77. The second-order valence-corrected chi connectivity index (χ2v) is 4.99. The van der Waals surface area contributed by atoms with Crippen LogP contribution >= 0.6 is 23.8 Å². The van der Waals surface area contributed by atoms with E-state index in [0.717, 1.165) is 6.07 Å². The molecule has 0 atom stereocenters. The second kappa shape index (κ2) is 5.87. The molecule has 0 aliphatic carbocycles. The summed E-state index contributed by atoms with van der Waals surface area (Å²) in [6, 6.07) is 6.55. The van der Waals surface area contributed by atoms with Gasteiger partial charge in [-0.3, -0.25) is 4.98 Å². The number of pyridine rings is 1. The summed E-state index contributed by atoms with van der Waals surface area (Å²) in [5, 5.41) is 2.66. The van der Waals surface area contributed by atoms with E-state index >= 15 is 0 Å². The van der Waals surface area contributed by atoms with Gasteiger partial charge in [0.15, 0.2) is 0 Å². The van der Waals surface area contributed by atoms with Crippen LogP contribution in [0.5, 0.6) is 0 Å². The van der Waals surface area contributed by atoms with Crippen LogP contribution in [-0.4, -0.2) is 9.97 Å². The molecule has 0 bridgehead atoms. The molecule has 0 spiro atoms. The van der Waals surface area contributed by atoms with Crippen LogP contribution < -0.4 is 11.1 Å². The van der Waals surface area contributed by atoms with Crippen molar-refractivity contribution >= 4 is 40.2 Å². The van der Waals surface area contributed by atoms with Gasteiger partial charge in [0, 0.05) is 5.02 Å². The summed E-state index contributed by atoms with van der Waals surface area (Å²) in [6.07, 6.45) is -3.16. The number of hydrogen-bond donors (Lipinski definition) is 2. The van der Waals surface area contributed by atoms with E-state index in [4.69, 9.17) is 29.6 Å². The highest BCUT2D eigenvalue weighted by atomic mass is 35.5. The Kier molecular flexibility index (Phi) is 4.34. The van der Waals surface area contributed by atoms with Gasteiger partial charge in [0.05, 0.1) is 28.8 Å². The number of aromatic nitrogens is 1. The number of nitrogens with zero attached hydrogens (tertiary/aromatic N) is 1. The van der Waals surface area contributed by atoms with Crippen molar-refractivity contribution < 1.29 is 13.2 Å². The van der Waals surface area contributed by atoms with Gasteiger partial charge >= 0.3 is 6.18 Å². The van der Waals surface area contributed by atoms with Crippen molar-refractivity contribution in [1.82, 2.24) is 4.98 Å². The summed E-state index contributed by atoms with van der Waals surface area (Å²) in [5.41, 5.74) is 5.20. The molecule has 0 aliphatic rings. The SMILES string of the molecule is NC(=S)c1ccc(Nc2ccc(Cl)cc2C(F)(F)F)cn1. The number of nitrogens with one attached hydrogen (secondary N) is 1. The summed E-state index contributed by atoms with van der Waals surface area (Å²) < 4.78 is 38.9. The van der Waals surface area contributed by atoms with Gasteiger partial charge in [-0.25, -0.2) is 0 Å². The maximum absolute atomic E-state index is 13.0. The normalized spacial score (nSPS) is 11.2. The smallest absolute Gasteiger partial charge is 0.388 e. The number of hydrogen-bond acceptors (Lipinski definition) is 3. The topological polar surface area (TPSA) is 50.9 Å². The van der Waals surface area contributed by atoms with Crippen LogP contribution in [0.3, 0.4) is 0 Å². The van der Waals surface area contributed by atoms with E-state index < -0.39 is 11.7 Å². The lowest BCUT2D eigenvalue weighted by Gasteiger charge is -2.15. The van der Waals surface area contributed by atoms with Crippen molar-refractivity contribution in [3.05, 3.63) is 52.8 Å². The molecule has 0 aliphatic heterocycles. The van der Waals surface area contributed by atoms with Crippen LogP contribution in [0, 0.1) is 0 Å². The molecule has 0 fully saturated rings. The summed E-state index contributed by atoms with van der Waals surface area (Å²) in [4.78, 5) is 4.06. The van der Waals surface area contributed by atoms with Crippen LogP contribution in [0.2, 0.25) is 5.02 Å². The van der Waals surface area contributed by atoms with E-state index in [1.54, 1.807) is 0 Å². The minimum Gasteiger partial charge on any atom is -0.388 e. The first-order valence-electron chi connectivity index (χ1n) is 5.67. The molecule has 0 saturated carbocycles. The monoisotopic (exact) mass is 331 g/mol. The Morgan fingerprint density at radius 2 is 1.95 bits per heavy atom. The first kappa shape index (κ1) is 15.5. The van der Waals surface area contributed by atoms with Gasteiger partial charge in [-0.1, -0.05) is 23.8 Å². The highest BCUT2D eigenvalue weighted by Crippen LogP contribution is 2.37. The number of halogens is 4. The second-order valence-electron chi connectivity index (χ2n) is 4.11. The predicted octanol–water partition coefficient (Wildman–Crippen LogP) is 4.13. The Labute approximate surface area is 128 Å². The highest BCUT2D eigenvalue weighted by molar-refractivity contribution is 7.80. The fraction of sp³-hybridized carbons (Fsp3) is 0.0769. The van der Waals surface area contributed by atoms with Crippen LogP contribution in [-0.2, 0) is 6.18 Å². The number of nitrogens with two attached hydrogens (primary N) is 1. The molecule has 1 aromatic heterocycles. The third-order valence-electron chi connectivity index (χ3n) is 2.58. The van der Waals surface area contributed by atoms with Crippen molar-refractivity contribution in [3.63, 3.8) is 0 Å². The minimum atomic E-state index is -4.51. The quantitative estimate of drug-likeness (QED) is 0.830. The third-order valence-corrected chi connectivity index (χ3v) is 3.03. The molecule has 110 valence electrons. The zero-order valence-electron chi connectivity index (χ0n) is 10.4.